The summed E-state index contributed by atoms with van der Waals surface area (Å²) in [7, 11) is 2.95. The van der Waals surface area contributed by atoms with Crippen molar-refractivity contribution in [3.8, 4) is 17.2 Å². The number of fused-ring (bicyclic) bond motifs is 2. The van der Waals surface area contributed by atoms with E-state index >= 15 is 0 Å². The number of carbonyl (C=O) groups is 3. The second-order valence-electron chi connectivity index (χ2n) is 9.86. The number of imide groups is 1. The van der Waals surface area contributed by atoms with Gasteiger partial charge in [0, 0.05) is 21.5 Å². The molecular formula is C30H24ClN3O7S2. The summed E-state index contributed by atoms with van der Waals surface area (Å²) in [6, 6.07) is 17.9. The first kappa shape index (κ1) is 28.8. The van der Waals surface area contributed by atoms with Crippen molar-refractivity contribution >= 4 is 63.8 Å². The van der Waals surface area contributed by atoms with E-state index in [0.717, 1.165) is 28.0 Å². The van der Waals surface area contributed by atoms with Gasteiger partial charge in [-0.3, -0.25) is 23.7 Å². The van der Waals surface area contributed by atoms with E-state index in [-0.39, 0.29) is 18.0 Å². The molecule has 4 aromatic rings. The first-order valence-electron chi connectivity index (χ1n) is 13.0. The summed E-state index contributed by atoms with van der Waals surface area (Å²) in [5, 5.41) is 13.1. The summed E-state index contributed by atoms with van der Waals surface area (Å²) in [5.74, 6) is -2.13. The Morgan fingerprint density at radius 1 is 0.977 bits per heavy atom. The molecule has 3 heterocycles. The van der Waals surface area contributed by atoms with Gasteiger partial charge in [0.25, 0.3) is 0 Å². The number of phenolic OH excluding ortho intramolecular Hbond substituents is 1. The summed E-state index contributed by atoms with van der Waals surface area (Å²) in [4.78, 5) is 55.6. The molecular weight excluding hydrogens is 614 g/mol. The molecule has 0 aliphatic carbocycles. The Labute approximate surface area is 258 Å². The lowest BCUT2D eigenvalue weighted by Gasteiger charge is -2.31. The molecule has 3 atom stereocenters. The number of nitrogens with one attached hydrogen (secondary N) is 1. The molecule has 1 fully saturated rings. The number of amides is 3. The molecule has 3 amide bonds. The van der Waals surface area contributed by atoms with Gasteiger partial charge < -0.3 is 19.9 Å². The largest absolute Gasteiger partial charge is 0.504 e. The van der Waals surface area contributed by atoms with Gasteiger partial charge in [-0.05, 0) is 66.2 Å². The van der Waals surface area contributed by atoms with E-state index in [2.05, 4.69) is 5.32 Å². The van der Waals surface area contributed by atoms with Crippen LogP contribution in [0.1, 0.15) is 16.4 Å². The lowest BCUT2D eigenvalue weighted by atomic mass is 9.83. The number of anilines is 2. The maximum atomic E-state index is 14.0. The van der Waals surface area contributed by atoms with Crippen molar-refractivity contribution in [1.82, 2.24) is 4.57 Å². The van der Waals surface area contributed by atoms with Gasteiger partial charge in [-0.1, -0.05) is 40.8 Å². The van der Waals surface area contributed by atoms with E-state index < -0.39 is 39.7 Å². The molecule has 1 saturated heterocycles. The van der Waals surface area contributed by atoms with Gasteiger partial charge in [-0.15, -0.1) is 0 Å². The zero-order chi connectivity index (χ0) is 30.4. The average molecular weight is 638 g/mol. The number of aromatic hydroxyl groups is 1. The molecule has 0 saturated carbocycles. The van der Waals surface area contributed by atoms with Crippen LogP contribution in [-0.4, -0.2) is 46.9 Å². The number of benzene rings is 3. The summed E-state index contributed by atoms with van der Waals surface area (Å²) < 4.78 is 11.8. The molecule has 43 heavy (non-hydrogen) atoms. The van der Waals surface area contributed by atoms with Gasteiger partial charge in [0.2, 0.25) is 17.7 Å². The molecule has 3 aromatic carbocycles. The number of phenols is 1. The highest BCUT2D eigenvalue weighted by Gasteiger charge is 2.57. The van der Waals surface area contributed by atoms with Gasteiger partial charge in [-0.2, -0.15) is 0 Å². The zero-order valence-electron chi connectivity index (χ0n) is 22.8. The minimum absolute atomic E-state index is 0.0919. The third-order valence-electron chi connectivity index (χ3n) is 7.37. The van der Waals surface area contributed by atoms with Crippen molar-refractivity contribution in [3.63, 3.8) is 0 Å². The van der Waals surface area contributed by atoms with Crippen LogP contribution in [0.3, 0.4) is 0 Å². The number of rotatable bonds is 7. The van der Waals surface area contributed by atoms with Crippen LogP contribution in [0.15, 0.2) is 76.6 Å². The van der Waals surface area contributed by atoms with Gasteiger partial charge >= 0.3 is 4.87 Å². The maximum Gasteiger partial charge on any atom is 0.308 e. The van der Waals surface area contributed by atoms with Crippen molar-refractivity contribution < 1.29 is 29.0 Å². The predicted octanol–water partition coefficient (Wildman–Crippen LogP) is 4.72. The van der Waals surface area contributed by atoms with Gasteiger partial charge in [0.15, 0.2) is 11.5 Å². The summed E-state index contributed by atoms with van der Waals surface area (Å²) >= 11 is 8.09. The van der Waals surface area contributed by atoms with Gasteiger partial charge in [-0.25, -0.2) is 4.90 Å². The Bertz CT molecular complexity index is 1800. The second kappa shape index (κ2) is 11.4. The topological polar surface area (TPSA) is 127 Å². The summed E-state index contributed by atoms with van der Waals surface area (Å²) in [5.41, 5.74) is 1.50. The van der Waals surface area contributed by atoms with E-state index in [4.69, 9.17) is 21.1 Å². The van der Waals surface area contributed by atoms with Crippen LogP contribution >= 0.6 is 34.7 Å². The number of nitrogens with zero attached hydrogens (tertiary/aromatic N) is 2. The van der Waals surface area contributed by atoms with E-state index in [1.807, 2.05) is 0 Å². The number of carbonyl (C=O) groups excluding carboxylic acids is 3. The predicted molar refractivity (Wildman–Crippen MR) is 164 cm³/mol. The number of ether oxygens (including phenoxy) is 2. The van der Waals surface area contributed by atoms with Gasteiger partial charge in [0.1, 0.15) is 17.5 Å². The number of hydrogen-bond donors (Lipinski definition) is 2. The molecule has 220 valence electrons. The molecule has 2 aliphatic rings. The first-order valence-corrected chi connectivity index (χ1v) is 15.1. The molecule has 10 nitrogen and oxygen atoms in total. The molecule has 0 unspecified atom stereocenters. The monoisotopic (exact) mass is 637 g/mol. The quantitative estimate of drug-likeness (QED) is 0.279. The molecule has 6 rings (SSSR count). The highest BCUT2D eigenvalue weighted by atomic mass is 35.5. The molecule has 0 radical (unpaired) electrons. The number of methoxy groups -OCH3 is 2. The van der Waals surface area contributed by atoms with Crippen LogP contribution in [0.4, 0.5) is 11.4 Å². The minimum atomic E-state index is -0.870. The number of thioether (sulfide) groups is 1. The van der Waals surface area contributed by atoms with Crippen molar-refractivity contribution in [2.75, 3.05) is 24.4 Å². The van der Waals surface area contributed by atoms with E-state index in [0.29, 0.717) is 37.6 Å². The van der Waals surface area contributed by atoms with Crippen molar-refractivity contribution in [2.24, 2.45) is 5.92 Å². The fourth-order valence-corrected chi connectivity index (χ4v) is 8.26. The molecule has 2 N–H and O–H groups in total. The van der Waals surface area contributed by atoms with Crippen LogP contribution in [0, 0.1) is 5.92 Å². The standard InChI is InChI=1S/C30H24ClN3O7S2/c1-40-19-10-6-17(7-11-19)32-22(36)14-33-29-26(43-30(33)39)23(15-3-12-20(35)21(13-15)41-2)24-25(42-29)28(38)34(27(24)37)18-8-4-16(31)5-9-18/h3-13,23-25,35H,14H2,1-2H3,(H,32,36)/t23-,24+,25-/m0/s1. The number of aromatic nitrogens is 1. The third kappa shape index (κ3) is 5.15. The van der Waals surface area contributed by atoms with Crippen LogP contribution in [0.25, 0.3) is 0 Å². The lowest BCUT2D eigenvalue weighted by Crippen LogP contribution is -2.33. The lowest BCUT2D eigenvalue weighted by molar-refractivity contribution is -0.122. The smallest absolute Gasteiger partial charge is 0.308 e. The fraction of sp³-hybridized carbons (Fsp3) is 0.200. The SMILES string of the molecule is COc1ccc(NC(=O)Cn2c3c(sc2=O)[C@@H](c2ccc(O)c(OC)c2)[C@H]2C(=O)N(c4ccc(Cl)cc4)C(=O)[C@H]2S3)cc1. The Balaban J connectivity index is 1.41. The molecule has 0 spiro atoms. The average Bonchev–Trinajstić information content (AvgIpc) is 3.44. The van der Waals surface area contributed by atoms with Crippen LogP contribution in [0.5, 0.6) is 17.2 Å². The molecule has 0 bridgehead atoms. The van der Waals surface area contributed by atoms with Crippen LogP contribution in [0.2, 0.25) is 5.02 Å². The Morgan fingerprint density at radius 2 is 1.70 bits per heavy atom. The number of hydrogen-bond acceptors (Lipinski definition) is 9. The molecule has 13 heteroatoms. The summed E-state index contributed by atoms with van der Waals surface area (Å²) in [6.45, 7) is -0.296. The third-order valence-corrected chi connectivity index (χ3v) is 10.2. The highest BCUT2D eigenvalue weighted by molar-refractivity contribution is 8.00. The molecule has 1 aromatic heterocycles. The van der Waals surface area contributed by atoms with Crippen molar-refractivity contribution in [2.45, 2.75) is 22.7 Å². The van der Waals surface area contributed by atoms with Crippen LogP contribution < -0.4 is 24.6 Å². The Kier molecular flexibility index (Phi) is 7.67. The molecule has 2 aliphatic heterocycles. The van der Waals surface area contributed by atoms with E-state index in [1.165, 1.54) is 17.7 Å². The van der Waals surface area contributed by atoms with Gasteiger partial charge in [0.05, 0.1) is 30.9 Å². The first-order chi connectivity index (χ1) is 20.7. The zero-order valence-corrected chi connectivity index (χ0v) is 25.2. The maximum absolute atomic E-state index is 14.0. The fourth-order valence-electron chi connectivity index (χ4n) is 5.37. The summed E-state index contributed by atoms with van der Waals surface area (Å²) in [6.07, 6.45) is 0. The number of halogens is 1. The van der Waals surface area contributed by atoms with E-state index in [1.54, 1.807) is 67.8 Å². The normalized spacial score (nSPS) is 19.1. The Hall–Kier alpha value is -4.26. The van der Waals surface area contributed by atoms with Crippen LogP contribution in [-0.2, 0) is 20.9 Å². The Morgan fingerprint density at radius 3 is 2.37 bits per heavy atom. The highest BCUT2D eigenvalue weighted by Crippen LogP contribution is 2.54. The number of thiazole rings is 1. The minimum Gasteiger partial charge on any atom is -0.504 e. The second-order valence-corrected chi connectivity index (χ2v) is 12.4. The van der Waals surface area contributed by atoms with Crippen molar-refractivity contribution in [3.05, 3.63) is 91.9 Å². The van der Waals surface area contributed by atoms with E-state index in [9.17, 15) is 24.3 Å². The van der Waals surface area contributed by atoms with Crippen molar-refractivity contribution in [1.29, 1.82) is 0 Å².